The first-order valence-corrected chi connectivity index (χ1v) is 11.3. The maximum absolute atomic E-state index is 13.3. The summed E-state index contributed by atoms with van der Waals surface area (Å²) in [6, 6.07) is 3.78. The fourth-order valence-corrected chi connectivity index (χ4v) is 5.20. The standard InChI is InChI=1S/C23H31N5O2/c1-27-13-7-19(8-14-27)21(29)28-12-2-9-23(16-28,15-17-3-4-17)22-25-20(30-26-22)18-5-10-24-11-6-18/h5-6,10-11,17,19H,2-4,7-9,12-16H2,1H3. The summed E-state index contributed by atoms with van der Waals surface area (Å²) < 4.78 is 5.66. The highest BCUT2D eigenvalue weighted by atomic mass is 16.5. The molecule has 1 atom stereocenters. The van der Waals surface area contributed by atoms with Gasteiger partial charge in [0.2, 0.25) is 5.91 Å². The van der Waals surface area contributed by atoms with Crippen LogP contribution >= 0.6 is 0 Å². The van der Waals surface area contributed by atoms with Crippen LogP contribution in [0.5, 0.6) is 0 Å². The number of aromatic nitrogens is 3. The van der Waals surface area contributed by atoms with E-state index in [2.05, 4.69) is 27.0 Å². The summed E-state index contributed by atoms with van der Waals surface area (Å²) in [6.45, 7) is 3.60. The van der Waals surface area contributed by atoms with Gasteiger partial charge >= 0.3 is 0 Å². The molecule has 1 saturated carbocycles. The van der Waals surface area contributed by atoms with Crippen LogP contribution in [0, 0.1) is 11.8 Å². The molecule has 1 aliphatic carbocycles. The molecule has 30 heavy (non-hydrogen) atoms. The normalized spacial score (nSPS) is 26.1. The Balaban J connectivity index is 1.38. The highest BCUT2D eigenvalue weighted by Gasteiger charge is 2.46. The van der Waals surface area contributed by atoms with Gasteiger partial charge in [-0.25, -0.2) is 0 Å². The monoisotopic (exact) mass is 409 g/mol. The van der Waals surface area contributed by atoms with Crippen molar-refractivity contribution in [3.05, 3.63) is 30.4 Å². The van der Waals surface area contributed by atoms with E-state index in [4.69, 9.17) is 9.51 Å². The minimum absolute atomic E-state index is 0.163. The smallest absolute Gasteiger partial charge is 0.258 e. The molecule has 2 saturated heterocycles. The van der Waals surface area contributed by atoms with Crippen molar-refractivity contribution in [2.45, 2.75) is 50.4 Å². The number of hydrogen-bond donors (Lipinski definition) is 0. The van der Waals surface area contributed by atoms with Gasteiger partial charge in [-0.2, -0.15) is 4.98 Å². The molecule has 7 nitrogen and oxygen atoms in total. The van der Waals surface area contributed by atoms with Crippen molar-refractivity contribution in [3.63, 3.8) is 0 Å². The molecule has 0 bridgehead atoms. The quantitative estimate of drug-likeness (QED) is 0.755. The lowest BCUT2D eigenvalue weighted by Crippen LogP contribution is -2.52. The van der Waals surface area contributed by atoms with Gasteiger partial charge in [-0.15, -0.1) is 0 Å². The Morgan fingerprint density at radius 1 is 1.17 bits per heavy atom. The Hall–Kier alpha value is -2.28. The zero-order valence-corrected chi connectivity index (χ0v) is 17.8. The predicted molar refractivity (Wildman–Crippen MR) is 113 cm³/mol. The third-order valence-corrected chi connectivity index (χ3v) is 7.16. The van der Waals surface area contributed by atoms with Crippen LogP contribution in [0.3, 0.4) is 0 Å². The largest absolute Gasteiger partial charge is 0.341 e. The number of likely N-dealkylation sites (tertiary alicyclic amines) is 2. The number of rotatable bonds is 5. The van der Waals surface area contributed by atoms with Gasteiger partial charge in [-0.3, -0.25) is 9.78 Å². The first kappa shape index (κ1) is 19.7. The lowest BCUT2D eigenvalue weighted by molar-refractivity contribution is -0.139. The Kier molecular flexibility index (Phi) is 5.31. The van der Waals surface area contributed by atoms with E-state index in [1.165, 1.54) is 12.8 Å². The molecule has 5 rings (SSSR count). The Morgan fingerprint density at radius 3 is 2.67 bits per heavy atom. The van der Waals surface area contributed by atoms with Crippen molar-refractivity contribution in [2.75, 3.05) is 33.2 Å². The summed E-state index contributed by atoms with van der Waals surface area (Å²) >= 11 is 0. The number of hydrogen-bond acceptors (Lipinski definition) is 6. The number of carbonyl (C=O) groups is 1. The Labute approximate surface area is 177 Å². The number of pyridine rings is 1. The summed E-state index contributed by atoms with van der Waals surface area (Å²) in [5.74, 6) is 2.55. The molecule has 1 unspecified atom stereocenters. The van der Waals surface area contributed by atoms with Gasteiger partial charge in [0.1, 0.15) is 0 Å². The number of amides is 1. The summed E-state index contributed by atoms with van der Waals surface area (Å²) in [5, 5.41) is 4.43. The van der Waals surface area contributed by atoms with Crippen molar-refractivity contribution >= 4 is 5.91 Å². The first-order chi connectivity index (χ1) is 14.6. The van der Waals surface area contributed by atoms with Crippen molar-refractivity contribution in [2.24, 2.45) is 11.8 Å². The molecule has 0 radical (unpaired) electrons. The molecular formula is C23H31N5O2. The number of nitrogens with zero attached hydrogens (tertiary/aromatic N) is 5. The third kappa shape index (κ3) is 4.00. The van der Waals surface area contributed by atoms with E-state index in [0.29, 0.717) is 11.8 Å². The molecule has 3 fully saturated rings. The van der Waals surface area contributed by atoms with Crippen LogP contribution in [0.2, 0.25) is 0 Å². The zero-order valence-electron chi connectivity index (χ0n) is 17.8. The van der Waals surface area contributed by atoms with Gasteiger partial charge in [0, 0.05) is 37.0 Å². The molecule has 2 aliphatic heterocycles. The second-order valence-electron chi connectivity index (χ2n) is 9.53. The highest BCUT2D eigenvalue weighted by Crippen LogP contribution is 2.46. The Bertz CT molecular complexity index is 873. The number of piperidine rings is 2. The molecule has 0 aromatic carbocycles. The predicted octanol–water partition coefficient (Wildman–Crippen LogP) is 3.13. The summed E-state index contributed by atoms with van der Waals surface area (Å²) in [5.41, 5.74) is 0.704. The Morgan fingerprint density at radius 2 is 1.93 bits per heavy atom. The van der Waals surface area contributed by atoms with E-state index >= 15 is 0 Å². The van der Waals surface area contributed by atoms with Gasteiger partial charge < -0.3 is 14.3 Å². The summed E-state index contributed by atoms with van der Waals surface area (Å²) in [7, 11) is 2.14. The highest BCUT2D eigenvalue weighted by molar-refractivity contribution is 5.79. The average molecular weight is 410 g/mol. The average Bonchev–Trinajstić information content (AvgIpc) is 3.44. The molecule has 4 heterocycles. The van der Waals surface area contributed by atoms with E-state index in [1.54, 1.807) is 12.4 Å². The minimum Gasteiger partial charge on any atom is -0.341 e. The fraction of sp³-hybridized carbons (Fsp3) is 0.652. The molecule has 0 N–H and O–H groups in total. The van der Waals surface area contributed by atoms with Crippen molar-refractivity contribution in [1.82, 2.24) is 24.9 Å². The van der Waals surface area contributed by atoms with Crippen LogP contribution in [0.25, 0.3) is 11.5 Å². The van der Waals surface area contributed by atoms with Crippen LogP contribution in [0.1, 0.15) is 50.8 Å². The van der Waals surface area contributed by atoms with Crippen molar-refractivity contribution in [3.8, 4) is 11.5 Å². The second kappa shape index (κ2) is 8.10. The van der Waals surface area contributed by atoms with E-state index in [9.17, 15) is 4.79 Å². The molecule has 7 heteroatoms. The van der Waals surface area contributed by atoms with E-state index in [-0.39, 0.29) is 11.3 Å². The lowest BCUT2D eigenvalue weighted by Gasteiger charge is -2.43. The molecule has 3 aliphatic rings. The molecular weight excluding hydrogens is 378 g/mol. The summed E-state index contributed by atoms with van der Waals surface area (Å²) in [4.78, 5) is 26.7. The summed E-state index contributed by atoms with van der Waals surface area (Å²) in [6.07, 6.45) is 11.1. The molecule has 1 amide bonds. The van der Waals surface area contributed by atoms with Crippen LogP contribution in [0.15, 0.2) is 29.0 Å². The van der Waals surface area contributed by atoms with Gasteiger partial charge in [-0.05, 0) is 70.3 Å². The van der Waals surface area contributed by atoms with Crippen LogP contribution in [0.4, 0.5) is 0 Å². The van der Waals surface area contributed by atoms with Crippen LogP contribution in [-0.4, -0.2) is 64.1 Å². The van der Waals surface area contributed by atoms with Crippen LogP contribution < -0.4 is 0 Å². The van der Waals surface area contributed by atoms with E-state index in [1.807, 2.05) is 12.1 Å². The number of carbonyl (C=O) groups excluding carboxylic acids is 1. The van der Waals surface area contributed by atoms with E-state index in [0.717, 1.165) is 75.6 Å². The first-order valence-electron chi connectivity index (χ1n) is 11.3. The minimum atomic E-state index is -0.185. The zero-order chi connectivity index (χ0) is 20.6. The van der Waals surface area contributed by atoms with E-state index < -0.39 is 0 Å². The van der Waals surface area contributed by atoms with Crippen molar-refractivity contribution < 1.29 is 9.32 Å². The third-order valence-electron chi connectivity index (χ3n) is 7.16. The van der Waals surface area contributed by atoms with Gasteiger partial charge in [-0.1, -0.05) is 18.0 Å². The topological polar surface area (TPSA) is 75.4 Å². The molecule has 0 spiro atoms. The lowest BCUT2D eigenvalue weighted by atomic mass is 9.74. The van der Waals surface area contributed by atoms with Gasteiger partial charge in [0.25, 0.3) is 5.89 Å². The maximum Gasteiger partial charge on any atom is 0.258 e. The maximum atomic E-state index is 13.3. The fourth-order valence-electron chi connectivity index (χ4n) is 5.20. The SMILES string of the molecule is CN1CCC(C(=O)N2CCCC(CC3CC3)(c3noc(-c4ccncc4)n3)C2)CC1. The van der Waals surface area contributed by atoms with Crippen LogP contribution in [-0.2, 0) is 10.2 Å². The molecule has 2 aromatic heterocycles. The van der Waals surface area contributed by atoms with Gasteiger partial charge in [0.05, 0.1) is 5.41 Å². The van der Waals surface area contributed by atoms with Crippen molar-refractivity contribution in [1.29, 1.82) is 0 Å². The molecule has 160 valence electrons. The second-order valence-corrected chi connectivity index (χ2v) is 9.53. The van der Waals surface area contributed by atoms with Gasteiger partial charge in [0.15, 0.2) is 5.82 Å². The molecule has 2 aromatic rings.